The second kappa shape index (κ2) is 10.1. The molecule has 2 saturated heterocycles. The number of carbonyl (C=O) groups is 2. The molecule has 1 aromatic carbocycles. The number of rotatable bonds is 6. The summed E-state index contributed by atoms with van der Waals surface area (Å²) >= 11 is 5.20. The summed E-state index contributed by atoms with van der Waals surface area (Å²) in [5.41, 5.74) is 1.99. The van der Waals surface area contributed by atoms with Crippen LogP contribution < -0.4 is 16.0 Å². The Bertz CT molecular complexity index is 746. The molecule has 0 unspecified atom stereocenters. The van der Waals surface area contributed by atoms with Gasteiger partial charge in [0.05, 0.1) is 0 Å². The first-order valence-corrected chi connectivity index (χ1v) is 11.0. The summed E-state index contributed by atoms with van der Waals surface area (Å²) < 4.78 is 0. The van der Waals surface area contributed by atoms with E-state index in [2.05, 4.69) is 22.9 Å². The fourth-order valence-electron chi connectivity index (χ4n) is 4.22. The zero-order valence-corrected chi connectivity index (χ0v) is 18.2. The van der Waals surface area contributed by atoms with Crippen LogP contribution in [0.25, 0.3) is 0 Å². The molecule has 0 aromatic heterocycles. The number of thiocarbonyl (C=S) groups is 1. The van der Waals surface area contributed by atoms with E-state index in [0.717, 1.165) is 50.0 Å². The van der Waals surface area contributed by atoms with Crippen LogP contribution in [-0.2, 0) is 9.59 Å². The normalized spacial score (nSPS) is 22.6. The van der Waals surface area contributed by atoms with Crippen molar-refractivity contribution in [3.8, 4) is 0 Å². The minimum Gasteiger partial charge on any atom is -0.360 e. The average Bonchev–Trinajstić information content (AvgIpc) is 2.66. The van der Waals surface area contributed by atoms with Crippen LogP contribution in [0.15, 0.2) is 24.3 Å². The van der Waals surface area contributed by atoms with Crippen molar-refractivity contribution < 1.29 is 9.59 Å². The van der Waals surface area contributed by atoms with Gasteiger partial charge in [-0.2, -0.15) is 0 Å². The number of amides is 2. The molecule has 2 fully saturated rings. The Morgan fingerprint density at radius 1 is 1.24 bits per heavy atom. The second-order valence-corrected chi connectivity index (χ2v) is 8.84. The number of nitrogens with one attached hydrogen (secondary N) is 3. The third kappa shape index (κ3) is 6.70. The van der Waals surface area contributed by atoms with Gasteiger partial charge in [0.15, 0.2) is 5.11 Å². The van der Waals surface area contributed by atoms with Gasteiger partial charge in [-0.15, -0.1) is 0 Å². The van der Waals surface area contributed by atoms with Crippen molar-refractivity contribution in [2.45, 2.75) is 64.5 Å². The molecule has 0 bridgehead atoms. The molecular formula is C22H32N4O2S. The minimum absolute atomic E-state index is 0.0659. The van der Waals surface area contributed by atoms with Crippen molar-refractivity contribution in [3.63, 3.8) is 0 Å². The Morgan fingerprint density at radius 2 is 2.00 bits per heavy atom. The molecule has 2 atom stereocenters. The summed E-state index contributed by atoms with van der Waals surface area (Å²) in [6.07, 6.45) is 4.74. The van der Waals surface area contributed by atoms with Crippen molar-refractivity contribution in [2.24, 2.45) is 5.92 Å². The van der Waals surface area contributed by atoms with Crippen LogP contribution >= 0.6 is 12.2 Å². The van der Waals surface area contributed by atoms with E-state index in [1.807, 2.05) is 36.1 Å². The van der Waals surface area contributed by atoms with Crippen LogP contribution in [0.2, 0.25) is 0 Å². The number of hydrogen-bond donors (Lipinski definition) is 3. The number of aryl methyl sites for hydroxylation is 1. The van der Waals surface area contributed by atoms with E-state index in [0.29, 0.717) is 29.9 Å². The number of benzene rings is 1. The molecule has 2 amide bonds. The van der Waals surface area contributed by atoms with Crippen LogP contribution in [0.3, 0.4) is 0 Å². The van der Waals surface area contributed by atoms with Crippen molar-refractivity contribution in [1.29, 1.82) is 0 Å². The minimum atomic E-state index is 0.0659. The molecule has 2 aliphatic heterocycles. The first-order valence-electron chi connectivity index (χ1n) is 10.6. The highest BCUT2D eigenvalue weighted by Gasteiger charge is 2.27. The number of likely N-dealkylation sites (tertiary alicyclic amines) is 1. The predicted octanol–water partition coefficient (Wildman–Crippen LogP) is 2.97. The summed E-state index contributed by atoms with van der Waals surface area (Å²) in [6.45, 7) is 5.67. The maximum Gasteiger partial charge on any atom is 0.224 e. The smallest absolute Gasteiger partial charge is 0.224 e. The van der Waals surface area contributed by atoms with Gasteiger partial charge in [0.1, 0.15) is 0 Å². The third-order valence-corrected chi connectivity index (χ3v) is 6.06. The summed E-state index contributed by atoms with van der Waals surface area (Å²) in [5, 5.41) is 10.0. The molecule has 0 saturated carbocycles. The Labute approximate surface area is 178 Å². The fraction of sp³-hybridized carbons (Fsp3) is 0.591. The lowest BCUT2D eigenvalue weighted by Crippen LogP contribution is -2.54. The van der Waals surface area contributed by atoms with Gasteiger partial charge >= 0.3 is 0 Å². The summed E-state index contributed by atoms with van der Waals surface area (Å²) in [7, 11) is 0. The quantitative estimate of drug-likeness (QED) is 0.622. The maximum absolute atomic E-state index is 12.6. The van der Waals surface area contributed by atoms with Crippen LogP contribution in [0, 0.1) is 12.8 Å². The third-order valence-electron chi connectivity index (χ3n) is 5.82. The zero-order valence-electron chi connectivity index (χ0n) is 17.4. The molecule has 7 heteroatoms. The highest BCUT2D eigenvalue weighted by Crippen LogP contribution is 2.23. The van der Waals surface area contributed by atoms with E-state index in [4.69, 9.17) is 12.2 Å². The molecule has 2 aliphatic rings. The Balaban J connectivity index is 1.36. The summed E-state index contributed by atoms with van der Waals surface area (Å²) in [4.78, 5) is 26.8. The molecular weight excluding hydrogens is 384 g/mol. The maximum atomic E-state index is 12.6. The van der Waals surface area contributed by atoms with Gasteiger partial charge in [-0.05, 0) is 75.4 Å². The van der Waals surface area contributed by atoms with Gasteiger partial charge < -0.3 is 20.9 Å². The fourth-order valence-corrected chi connectivity index (χ4v) is 4.59. The van der Waals surface area contributed by atoms with Gasteiger partial charge in [0.25, 0.3) is 0 Å². The standard InChI is InChI=1S/C22H32N4O2S/c1-15-4-3-5-18(12-15)24-20(27)7-6-17-8-10-26(11-9-17)21(28)14-19-13-16(2)23-22(29)25-19/h3-5,12,16-17,19H,6-11,13-14H2,1-2H3,(H,24,27)(H2,23,25,29)/t16-,19+/m1/s1. The monoisotopic (exact) mass is 416 g/mol. The topological polar surface area (TPSA) is 73.5 Å². The van der Waals surface area contributed by atoms with Crippen LogP contribution in [0.5, 0.6) is 0 Å². The number of anilines is 1. The first kappa shape index (κ1) is 21.6. The molecule has 0 spiro atoms. The first-order chi connectivity index (χ1) is 13.9. The average molecular weight is 417 g/mol. The van der Waals surface area contributed by atoms with E-state index in [1.54, 1.807) is 0 Å². The van der Waals surface area contributed by atoms with Crippen LogP contribution in [-0.4, -0.2) is 47.0 Å². The van der Waals surface area contributed by atoms with E-state index in [1.165, 1.54) is 0 Å². The van der Waals surface area contributed by atoms with Crippen molar-refractivity contribution in [1.82, 2.24) is 15.5 Å². The van der Waals surface area contributed by atoms with Crippen molar-refractivity contribution in [3.05, 3.63) is 29.8 Å². The van der Waals surface area contributed by atoms with Gasteiger partial charge in [-0.25, -0.2) is 0 Å². The van der Waals surface area contributed by atoms with Crippen molar-refractivity contribution in [2.75, 3.05) is 18.4 Å². The van der Waals surface area contributed by atoms with Gasteiger partial charge in [-0.1, -0.05) is 12.1 Å². The highest BCUT2D eigenvalue weighted by atomic mass is 32.1. The van der Waals surface area contributed by atoms with E-state index in [9.17, 15) is 9.59 Å². The highest BCUT2D eigenvalue weighted by molar-refractivity contribution is 7.80. The lowest BCUT2D eigenvalue weighted by Gasteiger charge is -2.35. The molecule has 2 heterocycles. The Kier molecular flexibility index (Phi) is 7.47. The van der Waals surface area contributed by atoms with Crippen molar-refractivity contribution >= 4 is 34.8 Å². The molecule has 3 N–H and O–H groups in total. The van der Waals surface area contributed by atoms with Gasteiger partial charge in [-0.3, -0.25) is 9.59 Å². The Hall–Kier alpha value is -2.15. The van der Waals surface area contributed by atoms with Gasteiger partial charge in [0.2, 0.25) is 11.8 Å². The predicted molar refractivity (Wildman–Crippen MR) is 120 cm³/mol. The molecule has 158 valence electrons. The number of nitrogens with zero attached hydrogens (tertiary/aromatic N) is 1. The van der Waals surface area contributed by atoms with Crippen LogP contribution in [0.4, 0.5) is 5.69 Å². The lowest BCUT2D eigenvalue weighted by molar-refractivity contribution is -0.133. The van der Waals surface area contributed by atoms with Crippen LogP contribution in [0.1, 0.15) is 51.0 Å². The number of piperidine rings is 1. The lowest BCUT2D eigenvalue weighted by atomic mass is 9.91. The SMILES string of the molecule is Cc1cccc(NC(=O)CCC2CCN(C(=O)C[C@@H]3C[C@@H](C)NC(=S)N3)CC2)c1. The summed E-state index contributed by atoms with van der Waals surface area (Å²) in [5.74, 6) is 0.776. The molecule has 29 heavy (non-hydrogen) atoms. The molecule has 1 aromatic rings. The molecule has 0 radical (unpaired) electrons. The summed E-state index contributed by atoms with van der Waals surface area (Å²) in [6, 6.07) is 8.28. The molecule has 6 nitrogen and oxygen atoms in total. The largest absolute Gasteiger partial charge is 0.360 e. The number of hydrogen-bond acceptors (Lipinski definition) is 3. The molecule has 0 aliphatic carbocycles. The molecule has 3 rings (SSSR count). The van der Waals surface area contributed by atoms with E-state index in [-0.39, 0.29) is 17.9 Å². The number of carbonyl (C=O) groups excluding carboxylic acids is 2. The Morgan fingerprint density at radius 3 is 2.69 bits per heavy atom. The van der Waals surface area contributed by atoms with Gasteiger partial charge in [0, 0.05) is 43.7 Å². The second-order valence-electron chi connectivity index (χ2n) is 8.44. The van der Waals surface area contributed by atoms with E-state index >= 15 is 0 Å². The zero-order chi connectivity index (χ0) is 20.8. The van der Waals surface area contributed by atoms with E-state index < -0.39 is 0 Å².